The fourth-order valence-corrected chi connectivity index (χ4v) is 4.73. The number of hydrogen-bond acceptors (Lipinski definition) is 4. The zero-order chi connectivity index (χ0) is 23.1. The highest BCUT2D eigenvalue weighted by Gasteiger charge is 2.54. The zero-order valence-electron chi connectivity index (χ0n) is 19.7. The van der Waals surface area contributed by atoms with Crippen LogP contribution in [0, 0.1) is 0 Å². The minimum atomic E-state index is -0.717. The van der Waals surface area contributed by atoms with Crippen LogP contribution < -0.4 is 10.2 Å². The fraction of sp³-hybridized carbons (Fsp3) is 0.625. The second-order valence-electron chi connectivity index (χ2n) is 8.58. The summed E-state index contributed by atoms with van der Waals surface area (Å²) in [6.45, 7) is 9.45. The van der Waals surface area contributed by atoms with E-state index in [4.69, 9.17) is 0 Å². The predicted octanol–water partition coefficient (Wildman–Crippen LogP) is 2.51. The van der Waals surface area contributed by atoms with E-state index in [-0.39, 0.29) is 24.4 Å². The van der Waals surface area contributed by atoms with Gasteiger partial charge in [0, 0.05) is 38.4 Å². The summed E-state index contributed by atoms with van der Waals surface area (Å²) >= 11 is 0. The first-order valence-electron chi connectivity index (χ1n) is 11.9. The van der Waals surface area contributed by atoms with Crippen LogP contribution in [0.25, 0.3) is 0 Å². The molecule has 2 saturated heterocycles. The molecular weight excluding hydrogens is 406 g/mol. The zero-order valence-corrected chi connectivity index (χ0v) is 19.7. The average Bonchev–Trinajstić information content (AvgIpc) is 3.07. The number of likely N-dealkylation sites (tertiary alicyclic amines) is 1. The summed E-state index contributed by atoms with van der Waals surface area (Å²) in [6.07, 6.45) is 3.10. The van der Waals surface area contributed by atoms with Gasteiger partial charge < -0.3 is 24.9 Å². The number of amides is 4. The summed E-state index contributed by atoms with van der Waals surface area (Å²) in [5, 5.41) is 2.97. The van der Waals surface area contributed by atoms with Crippen LogP contribution in [0.2, 0.25) is 0 Å². The topological polar surface area (TPSA) is 76.2 Å². The lowest BCUT2D eigenvalue weighted by atomic mass is 9.85. The van der Waals surface area contributed by atoms with Crippen LogP contribution in [-0.4, -0.2) is 84.0 Å². The summed E-state index contributed by atoms with van der Waals surface area (Å²) in [4.78, 5) is 46.3. The second kappa shape index (κ2) is 10.7. The number of unbranched alkanes of at least 4 members (excludes halogenated alkanes) is 1. The van der Waals surface area contributed by atoms with Gasteiger partial charge in [0.15, 0.2) is 0 Å². The number of urea groups is 1. The molecule has 0 unspecified atom stereocenters. The third-order valence-corrected chi connectivity index (χ3v) is 6.71. The number of nitrogens with one attached hydrogen (secondary N) is 1. The van der Waals surface area contributed by atoms with Gasteiger partial charge in [-0.2, -0.15) is 0 Å². The van der Waals surface area contributed by atoms with Crippen molar-refractivity contribution in [3.63, 3.8) is 0 Å². The number of para-hydroxylation sites is 1. The normalized spacial score (nSPS) is 17.7. The minimum absolute atomic E-state index is 0.00657. The van der Waals surface area contributed by atoms with Crippen molar-refractivity contribution in [1.29, 1.82) is 0 Å². The molecule has 1 aromatic rings. The Labute approximate surface area is 191 Å². The molecular formula is C24H37N5O3. The first kappa shape index (κ1) is 23.9. The van der Waals surface area contributed by atoms with Crippen molar-refractivity contribution >= 4 is 23.5 Å². The molecule has 3 rings (SSSR count). The standard InChI is InChI=1S/C24H37N5O3/c1-4-7-15-25-23(32)27-16-13-24(14-17-27)22(31)28(18-21(30)26(5-2)6-3)19-29(24)20-11-9-8-10-12-20/h8-12H,4-7,13-19H2,1-3H3,(H,25,32). The van der Waals surface area contributed by atoms with Gasteiger partial charge in [0.1, 0.15) is 12.1 Å². The van der Waals surface area contributed by atoms with Crippen LogP contribution in [0.15, 0.2) is 30.3 Å². The lowest BCUT2D eigenvalue weighted by molar-refractivity contribution is -0.140. The number of piperidine rings is 1. The molecule has 0 aliphatic carbocycles. The molecule has 8 heteroatoms. The molecule has 1 aromatic carbocycles. The highest BCUT2D eigenvalue weighted by Crippen LogP contribution is 2.39. The van der Waals surface area contributed by atoms with E-state index >= 15 is 0 Å². The van der Waals surface area contributed by atoms with Gasteiger partial charge in [0.25, 0.3) is 5.91 Å². The Morgan fingerprint density at radius 2 is 1.72 bits per heavy atom. The number of likely N-dealkylation sites (N-methyl/N-ethyl adjacent to an activating group) is 1. The maximum Gasteiger partial charge on any atom is 0.317 e. The third-order valence-electron chi connectivity index (χ3n) is 6.71. The summed E-state index contributed by atoms with van der Waals surface area (Å²) in [5.74, 6) is -0.0333. The number of hydrogen-bond donors (Lipinski definition) is 1. The van der Waals surface area contributed by atoms with Crippen molar-refractivity contribution in [1.82, 2.24) is 20.0 Å². The molecule has 0 atom stereocenters. The van der Waals surface area contributed by atoms with Crippen LogP contribution in [0.4, 0.5) is 10.5 Å². The Bertz CT molecular complexity index is 788. The van der Waals surface area contributed by atoms with E-state index in [1.54, 1.807) is 14.7 Å². The molecule has 0 bridgehead atoms. The largest absolute Gasteiger partial charge is 0.342 e. The van der Waals surface area contributed by atoms with Gasteiger partial charge in [0.2, 0.25) is 5.91 Å². The van der Waals surface area contributed by atoms with Crippen molar-refractivity contribution in [2.75, 3.05) is 50.8 Å². The van der Waals surface area contributed by atoms with Crippen molar-refractivity contribution in [3.8, 4) is 0 Å². The van der Waals surface area contributed by atoms with Gasteiger partial charge in [-0.15, -0.1) is 0 Å². The molecule has 2 aliphatic heterocycles. The van der Waals surface area contributed by atoms with Gasteiger partial charge in [-0.05, 0) is 45.2 Å². The maximum atomic E-state index is 13.7. The lowest BCUT2D eigenvalue weighted by Gasteiger charge is -2.43. The van der Waals surface area contributed by atoms with Crippen molar-refractivity contribution in [2.45, 2.75) is 52.0 Å². The van der Waals surface area contributed by atoms with Crippen LogP contribution in [0.3, 0.4) is 0 Å². The van der Waals surface area contributed by atoms with E-state index in [0.29, 0.717) is 52.2 Å². The van der Waals surface area contributed by atoms with Gasteiger partial charge in [-0.25, -0.2) is 4.79 Å². The average molecular weight is 444 g/mol. The number of nitrogens with zero attached hydrogens (tertiary/aromatic N) is 4. The van der Waals surface area contributed by atoms with Gasteiger partial charge >= 0.3 is 6.03 Å². The second-order valence-corrected chi connectivity index (χ2v) is 8.58. The van der Waals surface area contributed by atoms with E-state index in [0.717, 1.165) is 18.5 Å². The molecule has 2 heterocycles. The summed E-state index contributed by atoms with van der Waals surface area (Å²) in [5.41, 5.74) is 0.255. The van der Waals surface area contributed by atoms with E-state index in [9.17, 15) is 14.4 Å². The molecule has 0 radical (unpaired) electrons. The third kappa shape index (κ3) is 4.84. The van der Waals surface area contributed by atoms with Gasteiger partial charge in [-0.1, -0.05) is 31.5 Å². The van der Waals surface area contributed by atoms with Crippen molar-refractivity contribution < 1.29 is 14.4 Å². The number of carbonyl (C=O) groups is 3. The predicted molar refractivity (Wildman–Crippen MR) is 125 cm³/mol. The molecule has 0 aromatic heterocycles. The molecule has 2 fully saturated rings. The van der Waals surface area contributed by atoms with Crippen molar-refractivity contribution in [3.05, 3.63) is 30.3 Å². The highest BCUT2D eigenvalue weighted by molar-refractivity contribution is 5.96. The summed E-state index contributed by atoms with van der Waals surface area (Å²) in [6, 6.07) is 9.85. The van der Waals surface area contributed by atoms with Crippen LogP contribution in [-0.2, 0) is 9.59 Å². The molecule has 1 N–H and O–H groups in total. The molecule has 2 aliphatic rings. The fourth-order valence-electron chi connectivity index (χ4n) is 4.73. The molecule has 176 valence electrons. The molecule has 32 heavy (non-hydrogen) atoms. The number of benzene rings is 1. The van der Waals surface area contributed by atoms with Crippen LogP contribution >= 0.6 is 0 Å². The Hall–Kier alpha value is -2.77. The smallest absolute Gasteiger partial charge is 0.317 e. The van der Waals surface area contributed by atoms with Gasteiger partial charge in [-0.3, -0.25) is 9.59 Å². The van der Waals surface area contributed by atoms with Gasteiger partial charge in [0.05, 0.1) is 6.67 Å². The van der Waals surface area contributed by atoms with Crippen molar-refractivity contribution in [2.24, 2.45) is 0 Å². The molecule has 4 amide bonds. The van der Waals surface area contributed by atoms with Crippen LogP contribution in [0.1, 0.15) is 46.5 Å². The Morgan fingerprint density at radius 3 is 2.31 bits per heavy atom. The van der Waals surface area contributed by atoms with E-state index in [1.807, 2.05) is 44.2 Å². The number of carbonyl (C=O) groups excluding carboxylic acids is 3. The Balaban J connectivity index is 1.77. The Morgan fingerprint density at radius 1 is 1.06 bits per heavy atom. The van der Waals surface area contributed by atoms with Crippen LogP contribution in [0.5, 0.6) is 0 Å². The van der Waals surface area contributed by atoms with E-state index in [1.165, 1.54) is 0 Å². The van der Waals surface area contributed by atoms with E-state index in [2.05, 4.69) is 17.1 Å². The number of rotatable bonds is 8. The summed E-state index contributed by atoms with van der Waals surface area (Å²) < 4.78 is 0. The highest BCUT2D eigenvalue weighted by atomic mass is 16.2. The minimum Gasteiger partial charge on any atom is -0.342 e. The maximum absolute atomic E-state index is 13.7. The first-order chi connectivity index (χ1) is 15.5. The number of anilines is 1. The molecule has 0 saturated carbocycles. The van der Waals surface area contributed by atoms with E-state index < -0.39 is 5.54 Å². The first-order valence-corrected chi connectivity index (χ1v) is 11.9. The molecule has 1 spiro atoms. The Kier molecular flexibility index (Phi) is 7.99. The quantitative estimate of drug-likeness (QED) is 0.627. The molecule has 8 nitrogen and oxygen atoms in total. The summed E-state index contributed by atoms with van der Waals surface area (Å²) in [7, 11) is 0. The lowest BCUT2D eigenvalue weighted by Crippen LogP contribution is -2.58. The SMILES string of the molecule is CCCCNC(=O)N1CCC2(CC1)C(=O)N(CC(=O)N(CC)CC)CN2c1ccccc1. The monoisotopic (exact) mass is 443 g/mol.